The number of rotatable bonds is 10. The minimum Gasteiger partial charge on any atom is -0.493 e. The fourth-order valence-electron chi connectivity index (χ4n) is 5.54. The molecule has 2 heterocycles. The monoisotopic (exact) mass is 618 g/mol. The van der Waals surface area contributed by atoms with Gasteiger partial charge in [0.15, 0.2) is 11.5 Å². The van der Waals surface area contributed by atoms with E-state index in [4.69, 9.17) is 9.47 Å². The van der Waals surface area contributed by atoms with Crippen molar-refractivity contribution < 1.29 is 24.3 Å². The van der Waals surface area contributed by atoms with Crippen molar-refractivity contribution in [2.75, 3.05) is 43.4 Å². The van der Waals surface area contributed by atoms with Crippen molar-refractivity contribution in [3.8, 4) is 11.5 Å². The van der Waals surface area contributed by atoms with Crippen LogP contribution in [0.3, 0.4) is 0 Å². The van der Waals surface area contributed by atoms with Crippen molar-refractivity contribution in [2.24, 2.45) is 0 Å². The third-order valence-electron chi connectivity index (χ3n) is 8.05. The van der Waals surface area contributed by atoms with Gasteiger partial charge >= 0.3 is 0 Å². The molecule has 2 amide bonds. The summed E-state index contributed by atoms with van der Waals surface area (Å²) in [7, 11) is 3.31. The highest BCUT2D eigenvalue weighted by molar-refractivity contribution is 6.12. The number of anilines is 3. The molecule has 0 unspecified atom stereocenters. The quantitative estimate of drug-likeness (QED) is 0.148. The molecule has 11 nitrogen and oxygen atoms in total. The number of para-hydroxylation sites is 2. The molecule has 0 radical (unpaired) electrons. The smallest absolute Gasteiger partial charge is 0.275 e. The summed E-state index contributed by atoms with van der Waals surface area (Å²) < 4.78 is 10.9. The average Bonchev–Trinajstić information content (AvgIpc) is 3.10. The van der Waals surface area contributed by atoms with Crippen LogP contribution in [0.1, 0.15) is 37.5 Å². The number of carbonyl (C=O) groups is 2. The molecular formula is C35H34N6O5. The van der Waals surface area contributed by atoms with Crippen molar-refractivity contribution in [3.63, 3.8) is 0 Å². The van der Waals surface area contributed by atoms with E-state index in [2.05, 4.69) is 43.1 Å². The van der Waals surface area contributed by atoms with Gasteiger partial charge in [0, 0.05) is 25.3 Å². The first kappa shape index (κ1) is 30.5. The van der Waals surface area contributed by atoms with Gasteiger partial charge in [-0.3, -0.25) is 30.2 Å². The molecule has 1 aliphatic rings. The number of hydrogen-bond acceptors (Lipinski definition) is 9. The van der Waals surface area contributed by atoms with Gasteiger partial charge in [-0.1, -0.05) is 24.3 Å². The SMILES string of the molecule is COc1cc2c(cc1OC)CN(CCc1ccc(NC(=O)c3ccc(NO)cc3NC(=O)c3cnc4ccccc4n3)cc1)CC2. The standard InChI is InChI=1S/C35H34N6O5/c1-45-32-17-23-14-16-41(21-24(23)18-33(32)46-2)15-13-22-7-9-25(10-8-22)37-34(42)27-12-11-26(40-44)19-30(27)39-35(43)31-20-36-28-5-3-4-6-29(28)38-31/h3-12,17-20,40,44H,13-16,21H2,1-2H3,(H,37,42)(H,39,43). The Bertz CT molecular complexity index is 1900. The molecule has 6 rings (SSSR count). The molecule has 0 saturated heterocycles. The molecule has 4 aromatic carbocycles. The molecule has 1 aromatic heterocycles. The third kappa shape index (κ3) is 6.75. The topological polar surface area (TPSA) is 138 Å². The molecule has 0 saturated carbocycles. The van der Waals surface area contributed by atoms with Crippen molar-refractivity contribution in [1.82, 2.24) is 14.9 Å². The van der Waals surface area contributed by atoms with E-state index in [9.17, 15) is 14.8 Å². The number of hydrogen-bond donors (Lipinski definition) is 4. The fraction of sp³-hybridized carbons (Fsp3) is 0.200. The molecule has 11 heteroatoms. The van der Waals surface area contributed by atoms with Gasteiger partial charge in [0.1, 0.15) is 5.69 Å². The summed E-state index contributed by atoms with van der Waals surface area (Å²) in [6.07, 6.45) is 3.19. The maximum absolute atomic E-state index is 13.3. The summed E-state index contributed by atoms with van der Waals surface area (Å²) in [4.78, 5) is 37.5. The number of nitrogens with one attached hydrogen (secondary N) is 3. The van der Waals surface area contributed by atoms with E-state index in [0.29, 0.717) is 22.4 Å². The Morgan fingerprint density at radius 1 is 0.848 bits per heavy atom. The van der Waals surface area contributed by atoms with Gasteiger partial charge in [-0.05, 0) is 84.1 Å². The van der Waals surface area contributed by atoms with Crippen LogP contribution in [0.25, 0.3) is 11.0 Å². The lowest BCUT2D eigenvalue weighted by Gasteiger charge is -2.29. The second-order valence-corrected chi connectivity index (χ2v) is 11.0. The second-order valence-electron chi connectivity index (χ2n) is 11.0. The van der Waals surface area contributed by atoms with Crippen molar-refractivity contribution in [1.29, 1.82) is 0 Å². The first-order chi connectivity index (χ1) is 22.4. The Morgan fingerprint density at radius 3 is 2.30 bits per heavy atom. The lowest BCUT2D eigenvalue weighted by Crippen LogP contribution is -2.32. The molecule has 4 N–H and O–H groups in total. The number of methoxy groups -OCH3 is 2. The van der Waals surface area contributed by atoms with Gasteiger partial charge in [0.2, 0.25) is 0 Å². The zero-order valence-corrected chi connectivity index (χ0v) is 25.5. The van der Waals surface area contributed by atoms with Crippen LogP contribution >= 0.6 is 0 Å². The van der Waals surface area contributed by atoms with Crippen molar-refractivity contribution in [3.05, 3.63) is 113 Å². The van der Waals surface area contributed by atoms with Gasteiger partial charge in [0.05, 0.1) is 48.4 Å². The zero-order valence-electron chi connectivity index (χ0n) is 25.5. The highest BCUT2D eigenvalue weighted by Gasteiger charge is 2.20. The third-order valence-corrected chi connectivity index (χ3v) is 8.05. The van der Waals surface area contributed by atoms with Crippen LogP contribution in [0.4, 0.5) is 17.1 Å². The maximum atomic E-state index is 13.3. The van der Waals surface area contributed by atoms with E-state index >= 15 is 0 Å². The Balaban J connectivity index is 1.09. The number of fused-ring (bicyclic) bond motifs is 2. The highest BCUT2D eigenvalue weighted by atomic mass is 16.5. The van der Waals surface area contributed by atoms with E-state index in [-0.39, 0.29) is 16.9 Å². The van der Waals surface area contributed by atoms with Crippen LogP contribution in [0, 0.1) is 0 Å². The van der Waals surface area contributed by atoms with Gasteiger partial charge < -0.3 is 20.1 Å². The van der Waals surface area contributed by atoms with Gasteiger partial charge in [0.25, 0.3) is 11.8 Å². The minimum absolute atomic E-state index is 0.0942. The van der Waals surface area contributed by atoms with Crippen molar-refractivity contribution in [2.45, 2.75) is 19.4 Å². The van der Waals surface area contributed by atoms with E-state index in [1.807, 2.05) is 36.4 Å². The number of carbonyl (C=O) groups excluding carboxylic acids is 2. The van der Waals surface area contributed by atoms with E-state index < -0.39 is 11.8 Å². The summed E-state index contributed by atoms with van der Waals surface area (Å²) in [6.45, 7) is 2.71. The molecule has 0 atom stereocenters. The molecular weight excluding hydrogens is 584 g/mol. The first-order valence-corrected chi connectivity index (χ1v) is 14.9. The number of aromatic nitrogens is 2. The molecule has 1 aliphatic heterocycles. The highest BCUT2D eigenvalue weighted by Crippen LogP contribution is 2.33. The van der Waals surface area contributed by atoms with Crippen molar-refractivity contribution >= 4 is 39.9 Å². The Morgan fingerprint density at radius 2 is 1.57 bits per heavy atom. The molecule has 234 valence electrons. The number of nitrogens with zero attached hydrogens (tertiary/aromatic N) is 3. The molecule has 46 heavy (non-hydrogen) atoms. The Labute approximate surface area is 266 Å². The van der Waals surface area contributed by atoms with Gasteiger partial charge in [-0.2, -0.15) is 0 Å². The predicted octanol–water partition coefficient (Wildman–Crippen LogP) is 5.55. The zero-order chi connectivity index (χ0) is 32.0. The number of ether oxygens (including phenoxy) is 2. The Hall–Kier alpha value is -5.52. The lowest BCUT2D eigenvalue weighted by atomic mass is 9.98. The van der Waals surface area contributed by atoms with E-state index in [1.165, 1.54) is 35.5 Å². The lowest BCUT2D eigenvalue weighted by molar-refractivity contribution is 0.102. The first-order valence-electron chi connectivity index (χ1n) is 14.9. The minimum atomic E-state index is -0.539. The average molecular weight is 619 g/mol. The normalized spacial score (nSPS) is 12.7. The van der Waals surface area contributed by atoms with Crippen LogP contribution in [0.5, 0.6) is 11.5 Å². The molecule has 5 aromatic rings. The van der Waals surface area contributed by atoms with Crippen LogP contribution in [0.15, 0.2) is 85.1 Å². The van der Waals surface area contributed by atoms with E-state index in [1.54, 1.807) is 26.4 Å². The van der Waals surface area contributed by atoms with Gasteiger partial charge in [-0.25, -0.2) is 4.98 Å². The molecule has 0 spiro atoms. The summed E-state index contributed by atoms with van der Waals surface area (Å²) in [6, 6.07) is 23.6. The van der Waals surface area contributed by atoms with Crippen LogP contribution in [0.2, 0.25) is 0 Å². The Kier molecular flexibility index (Phi) is 9.04. The fourth-order valence-corrected chi connectivity index (χ4v) is 5.54. The van der Waals surface area contributed by atoms with Crippen LogP contribution < -0.4 is 25.6 Å². The summed E-state index contributed by atoms with van der Waals surface area (Å²) >= 11 is 0. The molecule has 0 fully saturated rings. The summed E-state index contributed by atoms with van der Waals surface area (Å²) in [5.41, 5.74) is 8.41. The van der Waals surface area contributed by atoms with Crippen LogP contribution in [-0.4, -0.2) is 59.2 Å². The second kappa shape index (κ2) is 13.6. The number of amides is 2. The van der Waals surface area contributed by atoms with Gasteiger partial charge in [-0.15, -0.1) is 0 Å². The predicted molar refractivity (Wildman–Crippen MR) is 176 cm³/mol. The number of benzene rings is 4. The summed E-state index contributed by atoms with van der Waals surface area (Å²) in [5.74, 6) is 0.548. The molecule has 0 bridgehead atoms. The van der Waals surface area contributed by atoms with Crippen LogP contribution in [-0.2, 0) is 19.4 Å². The maximum Gasteiger partial charge on any atom is 0.275 e. The summed E-state index contributed by atoms with van der Waals surface area (Å²) in [5, 5.41) is 15.1. The van der Waals surface area contributed by atoms with E-state index in [0.717, 1.165) is 49.5 Å². The largest absolute Gasteiger partial charge is 0.493 e. The molecule has 0 aliphatic carbocycles.